The molecule has 0 unspecified atom stereocenters. The van der Waals surface area contributed by atoms with Crippen molar-refractivity contribution in [3.05, 3.63) is 82.0 Å². The second-order valence-corrected chi connectivity index (χ2v) is 13.6. The molecule has 1 N–H and O–H groups in total. The van der Waals surface area contributed by atoms with Gasteiger partial charge in [-0.25, -0.2) is 13.6 Å². The van der Waals surface area contributed by atoms with Gasteiger partial charge < -0.3 is 19.7 Å². The number of rotatable bonds is 8. The molecule has 0 radical (unpaired) electrons. The second kappa shape index (κ2) is 13.7. The molecule has 4 aromatic rings. The summed E-state index contributed by atoms with van der Waals surface area (Å²) in [6.45, 7) is 6.12. The van der Waals surface area contributed by atoms with Crippen molar-refractivity contribution in [2.75, 3.05) is 13.7 Å². The van der Waals surface area contributed by atoms with Crippen molar-refractivity contribution in [2.24, 2.45) is 5.92 Å². The molecule has 5 rings (SSSR count). The average Bonchev–Trinajstić information content (AvgIpc) is 3.38. The van der Waals surface area contributed by atoms with Gasteiger partial charge in [0, 0.05) is 37.1 Å². The van der Waals surface area contributed by atoms with Crippen LogP contribution >= 0.6 is 22.9 Å². The van der Waals surface area contributed by atoms with E-state index in [4.69, 9.17) is 21.1 Å². The summed E-state index contributed by atoms with van der Waals surface area (Å²) in [6.07, 6.45) is 5.85. The molecule has 238 valence electrons. The number of hydrogen-bond donors (Lipinski definition) is 1. The van der Waals surface area contributed by atoms with E-state index in [-0.39, 0.29) is 38.5 Å². The number of nitrogens with one attached hydrogen (secondary N) is 1. The van der Waals surface area contributed by atoms with Crippen LogP contribution in [0.25, 0.3) is 21.2 Å². The first kappa shape index (κ1) is 32.6. The summed E-state index contributed by atoms with van der Waals surface area (Å²) in [5, 5.41) is 2.69. The molecule has 1 aliphatic carbocycles. The number of pyridine rings is 1. The van der Waals surface area contributed by atoms with Gasteiger partial charge in [0.2, 0.25) is 0 Å². The second-order valence-electron chi connectivity index (χ2n) is 12.2. The number of aromatic nitrogens is 1. The Bertz CT molecular complexity index is 1680. The number of methoxy groups -OCH3 is 1. The summed E-state index contributed by atoms with van der Waals surface area (Å²) < 4.78 is 40.5. The topological polar surface area (TPSA) is 80.8 Å². The lowest BCUT2D eigenvalue weighted by Crippen LogP contribution is -2.43. The summed E-state index contributed by atoms with van der Waals surface area (Å²) in [6, 6.07) is 11.5. The lowest BCUT2D eigenvalue weighted by atomic mass is 9.85. The molecule has 7 nitrogen and oxygen atoms in total. The Labute approximate surface area is 270 Å². The molecule has 0 spiro atoms. The standard InChI is InChI=1S/C34H36ClF2N3O4S/c1-34(2,3)44-33(42)39-18-20-5-8-24(9-6-20)40(32(41)31-29(35)28-25(36)10-11-26(37)30(28)45-31)19-23-17-22(7-12-27(23)43-4)21-13-15-38-16-14-21/h7,10-17,20,24H,5-6,8-9,18-19H2,1-4H3,(H,39,42). The molecule has 0 aliphatic heterocycles. The van der Waals surface area contributed by atoms with E-state index in [0.29, 0.717) is 25.1 Å². The lowest BCUT2D eigenvalue weighted by molar-refractivity contribution is 0.0503. The third-order valence-electron chi connectivity index (χ3n) is 7.96. The number of benzene rings is 2. The number of hydrogen-bond acceptors (Lipinski definition) is 6. The van der Waals surface area contributed by atoms with Gasteiger partial charge in [0.1, 0.15) is 27.9 Å². The van der Waals surface area contributed by atoms with Crippen LogP contribution in [0.3, 0.4) is 0 Å². The molecule has 1 saturated carbocycles. The van der Waals surface area contributed by atoms with Crippen molar-refractivity contribution in [3.63, 3.8) is 0 Å². The van der Waals surface area contributed by atoms with Crippen LogP contribution in [0, 0.1) is 17.6 Å². The zero-order valence-corrected chi connectivity index (χ0v) is 27.2. The average molecular weight is 656 g/mol. The quantitative estimate of drug-likeness (QED) is 0.206. The first-order valence-corrected chi connectivity index (χ1v) is 16.1. The Morgan fingerprint density at radius 3 is 2.36 bits per heavy atom. The number of halogens is 3. The molecule has 0 saturated heterocycles. The SMILES string of the molecule is COc1ccc(-c2ccncc2)cc1CN(C(=O)c1sc2c(F)ccc(F)c2c1Cl)C1CCC(CNC(=O)OC(C)(C)C)CC1. The number of carbonyl (C=O) groups excluding carboxylic acids is 2. The molecule has 2 amide bonds. The van der Waals surface area contributed by atoms with Crippen LogP contribution in [0.1, 0.15) is 61.7 Å². The van der Waals surface area contributed by atoms with E-state index in [1.54, 1.807) is 24.4 Å². The fourth-order valence-corrected chi connectivity index (χ4v) is 7.25. The zero-order chi connectivity index (χ0) is 32.3. The maximum atomic E-state index is 14.7. The third-order valence-corrected chi connectivity index (χ3v) is 9.64. The van der Waals surface area contributed by atoms with Crippen molar-refractivity contribution >= 4 is 45.0 Å². The van der Waals surface area contributed by atoms with Gasteiger partial charge in [-0.1, -0.05) is 17.7 Å². The molecule has 11 heteroatoms. The number of nitrogens with zero attached hydrogens (tertiary/aromatic N) is 2. The number of alkyl carbamates (subject to hydrolysis) is 1. The lowest BCUT2D eigenvalue weighted by Gasteiger charge is -2.37. The Morgan fingerprint density at radius 2 is 1.71 bits per heavy atom. The monoisotopic (exact) mass is 655 g/mol. The smallest absolute Gasteiger partial charge is 0.407 e. The summed E-state index contributed by atoms with van der Waals surface area (Å²) in [7, 11) is 1.58. The fourth-order valence-electron chi connectivity index (χ4n) is 5.74. The highest BCUT2D eigenvalue weighted by Crippen LogP contribution is 2.41. The summed E-state index contributed by atoms with van der Waals surface area (Å²) in [5.74, 6) is -0.880. The van der Waals surface area contributed by atoms with Crippen LogP contribution in [-0.4, -0.2) is 47.2 Å². The van der Waals surface area contributed by atoms with Crippen molar-refractivity contribution in [3.8, 4) is 16.9 Å². The van der Waals surface area contributed by atoms with Crippen LogP contribution in [-0.2, 0) is 11.3 Å². The van der Waals surface area contributed by atoms with Crippen molar-refractivity contribution in [2.45, 2.75) is 64.6 Å². The number of carbonyl (C=O) groups is 2. The highest BCUT2D eigenvalue weighted by Gasteiger charge is 2.33. The van der Waals surface area contributed by atoms with Gasteiger partial charge in [-0.05, 0) is 99.9 Å². The highest BCUT2D eigenvalue weighted by atomic mass is 35.5. The molecule has 0 bridgehead atoms. The summed E-state index contributed by atoms with van der Waals surface area (Å²) >= 11 is 7.46. The maximum Gasteiger partial charge on any atom is 0.407 e. The van der Waals surface area contributed by atoms with E-state index in [0.717, 1.165) is 53.0 Å². The van der Waals surface area contributed by atoms with Crippen molar-refractivity contribution in [1.29, 1.82) is 0 Å². The molecular formula is C34H36ClF2N3O4S. The molecular weight excluding hydrogens is 620 g/mol. The Balaban J connectivity index is 1.44. The largest absolute Gasteiger partial charge is 0.496 e. The number of amides is 2. The minimum Gasteiger partial charge on any atom is -0.496 e. The van der Waals surface area contributed by atoms with Gasteiger partial charge in [0.25, 0.3) is 5.91 Å². The van der Waals surface area contributed by atoms with Gasteiger partial charge in [-0.3, -0.25) is 9.78 Å². The zero-order valence-electron chi connectivity index (χ0n) is 25.7. The van der Waals surface area contributed by atoms with Crippen LogP contribution in [0.2, 0.25) is 5.02 Å². The minimum absolute atomic E-state index is 0.0116. The van der Waals surface area contributed by atoms with Gasteiger partial charge >= 0.3 is 6.09 Å². The van der Waals surface area contributed by atoms with E-state index in [2.05, 4.69) is 10.3 Å². The van der Waals surface area contributed by atoms with Crippen LogP contribution < -0.4 is 10.1 Å². The maximum absolute atomic E-state index is 14.7. The molecule has 45 heavy (non-hydrogen) atoms. The summed E-state index contributed by atoms with van der Waals surface area (Å²) in [4.78, 5) is 32.5. The predicted molar refractivity (Wildman–Crippen MR) is 173 cm³/mol. The molecule has 1 fully saturated rings. The van der Waals surface area contributed by atoms with E-state index >= 15 is 0 Å². The van der Waals surface area contributed by atoms with Crippen LogP contribution in [0.4, 0.5) is 13.6 Å². The number of thiophene rings is 1. The van der Waals surface area contributed by atoms with Gasteiger partial charge in [0.05, 0.1) is 22.2 Å². The van der Waals surface area contributed by atoms with Crippen molar-refractivity contribution < 1.29 is 27.8 Å². The fraction of sp³-hybridized carbons (Fsp3) is 0.382. The van der Waals surface area contributed by atoms with Crippen molar-refractivity contribution in [1.82, 2.24) is 15.2 Å². The van der Waals surface area contributed by atoms with Gasteiger partial charge in [-0.15, -0.1) is 11.3 Å². The Kier molecular flexibility index (Phi) is 9.94. The minimum atomic E-state index is -0.678. The normalized spacial score (nSPS) is 16.8. The first-order valence-electron chi connectivity index (χ1n) is 14.9. The molecule has 0 atom stereocenters. The Morgan fingerprint density at radius 1 is 1.02 bits per heavy atom. The molecule has 2 aromatic carbocycles. The predicted octanol–water partition coefficient (Wildman–Crippen LogP) is 8.63. The Hall–Kier alpha value is -3.76. The van der Waals surface area contributed by atoms with E-state index in [1.165, 1.54) is 0 Å². The highest BCUT2D eigenvalue weighted by molar-refractivity contribution is 7.21. The van der Waals surface area contributed by atoms with Crippen LogP contribution in [0.15, 0.2) is 54.9 Å². The van der Waals surface area contributed by atoms with E-state index in [9.17, 15) is 18.4 Å². The van der Waals surface area contributed by atoms with Gasteiger partial charge in [0.15, 0.2) is 0 Å². The third kappa shape index (κ3) is 7.56. The van der Waals surface area contributed by atoms with Crippen LogP contribution in [0.5, 0.6) is 5.75 Å². The molecule has 2 heterocycles. The molecule has 2 aromatic heterocycles. The van der Waals surface area contributed by atoms with E-state index in [1.807, 2.05) is 51.1 Å². The molecule has 1 aliphatic rings. The number of fused-ring (bicyclic) bond motifs is 1. The van der Waals surface area contributed by atoms with E-state index < -0.39 is 29.2 Å². The van der Waals surface area contributed by atoms with Gasteiger partial charge in [-0.2, -0.15) is 0 Å². The first-order chi connectivity index (χ1) is 21.4. The summed E-state index contributed by atoms with van der Waals surface area (Å²) in [5.41, 5.74) is 2.09. The number of ether oxygens (including phenoxy) is 2.